The molecule has 0 spiro atoms. The zero-order chi connectivity index (χ0) is 15.1. The first-order valence-corrected chi connectivity index (χ1v) is 6.59. The molecule has 2 amide bonds. The van der Waals surface area contributed by atoms with Crippen molar-refractivity contribution in [1.82, 2.24) is 14.9 Å². The summed E-state index contributed by atoms with van der Waals surface area (Å²) in [6.45, 7) is 1.66. The number of carbonyl (C=O) groups excluding carboxylic acids is 2. The normalized spacial score (nSPS) is 18.0. The van der Waals surface area contributed by atoms with E-state index in [0.717, 1.165) is 0 Å². The molecule has 0 radical (unpaired) electrons. The van der Waals surface area contributed by atoms with Gasteiger partial charge in [-0.25, -0.2) is 4.98 Å². The van der Waals surface area contributed by atoms with Crippen LogP contribution in [0.1, 0.15) is 32.1 Å². The summed E-state index contributed by atoms with van der Waals surface area (Å²) in [5.74, 6) is -0.357. The van der Waals surface area contributed by atoms with Gasteiger partial charge in [-0.2, -0.15) is 0 Å². The zero-order valence-electron chi connectivity index (χ0n) is 11.4. The highest BCUT2D eigenvalue weighted by molar-refractivity contribution is 5.99. The van der Waals surface area contributed by atoms with Gasteiger partial charge >= 0.3 is 0 Å². The van der Waals surface area contributed by atoms with Crippen LogP contribution < -0.4 is 16.6 Å². The molecule has 1 aliphatic rings. The number of carbonyl (C=O) groups is 2. The number of hydrogen-bond donors (Lipinski definition) is 2. The van der Waals surface area contributed by atoms with Crippen molar-refractivity contribution in [3.63, 3.8) is 0 Å². The lowest BCUT2D eigenvalue weighted by Gasteiger charge is -2.24. The van der Waals surface area contributed by atoms with Crippen LogP contribution in [0.3, 0.4) is 0 Å². The second-order valence-electron chi connectivity index (χ2n) is 5.08. The van der Waals surface area contributed by atoms with Gasteiger partial charge in [0.1, 0.15) is 11.9 Å². The fourth-order valence-electron chi connectivity index (χ4n) is 2.62. The number of nitrogen functional groups attached to an aromatic ring is 1. The Kier molecular flexibility index (Phi) is 3.99. The summed E-state index contributed by atoms with van der Waals surface area (Å²) in [5.41, 5.74) is 6.41. The van der Waals surface area contributed by atoms with Crippen molar-refractivity contribution in [3.05, 3.63) is 34.4 Å². The fourth-order valence-corrected chi connectivity index (χ4v) is 2.62. The largest absolute Gasteiger partial charge is 0.399 e. The van der Waals surface area contributed by atoms with Gasteiger partial charge in [-0.15, -0.1) is 0 Å². The Morgan fingerprint density at radius 2 is 2.05 bits per heavy atom. The first-order chi connectivity index (χ1) is 9.97. The van der Waals surface area contributed by atoms with Gasteiger partial charge in [0.05, 0.1) is 10.9 Å². The summed E-state index contributed by atoms with van der Waals surface area (Å²) >= 11 is 0. The summed E-state index contributed by atoms with van der Waals surface area (Å²) in [7, 11) is 0. The van der Waals surface area contributed by atoms with Crippen molar-refractivity contribution in [2.75, 3.05) is 5.73 Å². The number of rotatable bonds is 1. The third-order valence-corrected chi connectivity index (χ3v) is 3.62. The van der Waals surface area contributed by atoms with E-state index in [1.807, 2.05) is 0 Å². The Morgan fingerprint density at radius 3 is 2.73 bits per heavy atom. The highest BCUT2D eigenvalue weighted by Crippen LogP contribution is 2.20. The number of aryl methyl sites for hydroxylation is 1. The standard InChI is InChI=1S/C14H14N4O3.CH4/c1-7-16-10-6-8(15)2-3-9(10)14(21)18(7)11-4-5-12(19)17-13(11)20;/h2-3,6,11H,4-5,15H2,1H3,(H,17,19,20);1H4. The Balaban J connectivity index is 0.00000176. The van der Waals surface area contributed by atoms with Crippen LogP contribution in [0.4, 0.5) is 5.69 Å². The maximum atomic E-state index is 12.6. The van der Waals surface area contributed by atoms with E-state index < -0.39 is 11.9 Å². The maximum absolute atomic E-state index is 12.6. The van der Waals surface area contributed by atoms with Gasteiger partial charge in [-0.05, 0) is 31.5 Å². The number of nitrogens with zero attached hydrogens (tertiary/aromatic N) is 2. The predicted molar refractivity (Wildman–Crippen MR) is 83.3 cm³/mol. The molecule has 1 atom stereocenters. The number of nitrogens with two attached hydrogens (primary N) is 1. The van der Waals surface area contributed by atoms with Crippen molar-refractivity contribution >= 4 is 28.4 Å². The van der Waals surface area contributed by atoms with E-state index >= 15 is 0 Å². The van der Waals surface area contributed by atoms with E-state index in [0.29, 0.717) is 28.8 Å². The Hall–Kier alpha value is -2.70. The van der Waals surface area contributed by atoms with Gasteiger partial charge < -0.3 is 5.73 Å². The molecule has 1 aromatic heterocycles. The number of anilines is 1. The molecule has 7 nitrogen and oxygen atoms in total. The minimum Gasteiger partial charge on any atom is -0.399 e. The van der Waals surface area contributed by atoms with E-state index in [1.165, 1.54) is 4.57 Å². The van der Waals surface area contributed by atoms with Crippen LogP contribution in [0.15, 0.2) is 23.0 Å². The molecule has 1 saturated heterocycles. The van der Waals surface area contributed by atoms with Gasteiger partial charge in [-0.3, -0.25) is 24.3 Å². The highest BCUT2D eigenvalue weighted by atomic mass is 16.2. The second kappa shape index (κ2) is 5.59. The Morgan fingerprint density at radius 1 is 1.32 bits per heavy atom. The van der Waals surface area contributed by atoms with E-state index in [1.54, 1.807) is 25.1 Å². The molecule has 0 bridgehead atoms. The summed E-state index contributed by atoms with van der Waals surface area (Å²) in [6, 6.07) is 4.14. The molecule has 2 aromatic rings. The van der Waals surface area contributed by atoms with Crippen LogP contribution >= 0.6 is 0 Å². The van der Waals surface area contributed by atoms with Crippen molar-refractivity contribution in [2.24, 2.45) is 0 Å². The van der Waals surface area contributed by atoms with Crippen LogP contribution in [-0.4, -0.2) is 21.4 Å². The topological polar surface area (TPSA) is 107 Å². The second-order valence-corrected chi connectivity index (χ2v) is 5.08. The summed E-state index contributed by atoms with van der Waals surface area (Å²) in [5, 5.41) is 2.66. The monoisotopic (exact) mass is 302 g/mol. The molecule has 0 aliphatic carbocycles. The van der Waals surface area contributed by atoms with E-state index in [4.69, 9.17) is 5.73 Å². The minimum absolute atomic E-state index is 0. The lowest BCUT2D eigenvalue weighted by atomic mass is 10.1. The maximum Gasteiger partial charge on any atom is 0.262 e. The van der Waals surface area contributed by atoms with Gasteiger partial charge in [0, 0.05) is 12.1 Å². The first-order valence-electron chi connectivity index (χ1n) is 6.59. The molecule has 22 heavy (non-hydrogen) atoms. The number of imide groups is 1. The molecule has 7 heteroatoms. The SMILES string of the molecule is C.Cc1nc2cc(N)ccc2c(=O)n1C1CCC(=O)NC1=O. The van der Waals surface area contributed by atoms with Crippen LogP contribution in [0, 0.1) is 6.92 Å². The average Bonchev–Trinajstić information content (AvgIpc) is 2.40. The Bertz CT molecular complexity index is 825. The quantitative estimate of drug-likeness (QED) is 0.601. The lowest BCUT2D eigenvalue weighted by molar-refractivity contribution is -0.135. The summed E-state index contributed by atoms with van der Waals surface area (Å²) < 4.78 is 1.35. The van der Waals surface area contributed by atoms with E-state index in [9.17, 15) is 14.4 Å². The molecule has 116 valence electrons. The average molecular weight is 302 g/mol. The van der Waals surface area contributed by atoms with Gasteiger partial charge in [-0.1, -0.05) is 7.43 Å². The van der Waals surface area contributed by atoms with Crippen LogP contribution in [-0.2, 0) is 9.59 Å². The van der Waals surface area contributed by atoms with Crippen molar-refractivity contribution in [1.29, 1.82) is 0 Å². The van der Waals surface area contributed by atoms with E-state index in [-0.39, 0.29) is 25.3 Å². The van der Waals surface area contributed by atoms with Gasteiger partial charge in [0.25, 0.3) is 5.56 Å². The van der Waals surface area contributed by atoms with Crippen molar-refractivity contribution < 1.29 is 9.59 Å². The van der Waals surface area contributed by atoms with Crippen molar-refractivity contribution in [3.8, 4) is 0 Å². The van der Waals surface area contributed by atoms with Crippen molar-refractivity contribution in [2.45, 2.75) is 33.2 Å². The van der Waals surface area contributed by atoms with Gasteiger partial charge in [0.2, 0.25) is 11.8 Å². The number of amides is 2. The smallest absolute Gasteiger partial charge is 0.262 e. The predicted octanol–water partition coefficient (Wildman–Crippen LogP) is 0.901. The van der Waals surface area contributed by atoms with E-state index in [2.05, 4.69) is 10.3 Å². The number of piperidine rings is 1. The van der Waals surface area contributed by atoms with Crippen LogP contribution in [0.5, 0.6) is 0 Å². The third kappa shape index (κ3) is 2.45. The molecule has 0 saturated carbocycles. The molecule has 2 heterocycles. The first kappa shape index (κ1) is 15.7. The van der Waals surface area contributed by atoms with Crippen LogP contribution in [0.25, 0.3) is 10.9 Å². The van der Waals surface area contributed by atoms with Crippen LogP contribution in [0.2, 0.25) is 0 Å². The molecule has 1 fully saturated rings. The third-order valence-electron chi connectivity index (χ3n) is 3.62. The molecule has 1 aromatic carbocycles. The molecule has 1 unspecified atom stereocenters. The highest BCUT2D eigenvalue weighted by Gasteiger charge is 2.30. The number of benzene rings is 1. The molecule has 3 N–H and O–H groups in total. The fraction of sp³-hybridized carbons (Fsp3) is 0.333. The molecule has 1 aliphatic heterocycles. The molecular formula is C15H18N4O3. The molecule has 3 rings (SSSR count). The minimum atomic E-state index is -0.704. The number of hydrogen-bond acceptors (Lipinski definition) is 5. The Labute approximate surface area is 127 Å². The zero-order valence-corrected chi connectivity index (χ0v) is 11.4. The number of aromatic nitrogens is 2. The summed E-state index contributed by atoms with van der Waals surface area (Å²) in [6.07, 6.45) is 0.510. The van der Waals surface area contributed by atoms with Gasteiger partial charge in [0.15, 0.2) is 0 Å². The summed E-state index contributed by atoms with van der Waals surface area (Å²) in [4.78, 5) is 40.1. The number of nitrogens with one attached hydrogen (secondary N) is 1. The molecular weight excluding hydrogens is 284 g/mol. The lowest BCUT2D eigenvalue weighted by Crippen LogP contribution is -2.45. The number of fused-ring (bicyclic) bond motifs is 1.